The molecule has 0 N–H and O–H groups in total. The highest BCUT2D eigenvalue weighted by Gasteiger charge is 2.20. The summed E-state index contributed by atoms with van der Waals surface area (Å²) in [6.07, 6.45) is 14.6. The maximum absolute atomic E-state index is 6.20. The minimum Gasteiger partial charge on any atom is -0.428 e. The molecule has 0 atom stereocenters. The molecule has 0 aliphatic heterocycles. The first kappa shape index (κ1) is 26.3. The summed E-state index contributed by atoms with van der Waals surface area (Å²) in [5.41, 5.74) is -0.382. The number of unbranched alkanes of at least 4 members (excludes halogenated alkanes) is 8. The largest absolute Gasteiger partial charge is 0.428 e. The third-order valence-electron chi connectivity index (χ3n) is 5.47. The van der Waals surface area contributed by atoms with Crippen molar-refractivity contribution in [3.63, 3.8) is 0 Å². The average molecular weight is 479 g/mol. The van der Waals surface area contributed by atoms with Gasteiger partial charge in [0.25, 0.3) is 0 Å². The van der Waals surface area contributed by atoms with Crippen molar-refractivity contribution in [2.75, 3.05) is 0 Å². The molecule has 2 aromatic carbocycles. The van der Waals surface area contributed by atoms with Crippen LogP contribution in [0.4, 0.5) is 0 Å². The molecule has 0 saturated carbocycles. The molecule has 0 aromatic heterocycles. The molecule has 0 radical (unpaired) electrons. The first-order valence-electron chi connectivity index (χ1n) is 11.9. The molecule has 0 heterocycles. The molecule has 0 aliphatic carbocycles. The van der Waals surface area contributed by atoms with Gasteiger partial charge in [-0.3, -0.25) is 0 Å². The van der Waals surface area contributed by atoms with Gasteiger partial charge >= 0.3 is 5.69 Å². The van der Waals surface area contributed by atoms with Crippen molar-refractivity contribution >= 4 is 29.7 Å². The number of aryl methyl sites for hydroxylation is 2. The SMILES string of the molecule is CCCCCCCc1ccccc1OP(=S)(S)Oc1ccccc1CCCCCCC. The number of rotatable bonds is 16. The minimum absolute atomic E-state index is 0.813. The van der Waals surface area contributed by atoms with Crippen molar-refractivity contribution in [1.29, 1.82) is 0 Å². The fourth-order valence-electron chi connectivity index (χ4n) is 3.70. The van der Waals surface area contributed by atoms with Crippen molar-refractivity contribution in [3.05, 3.63) is 59.7 Å². The maximum atomic E-state index is 6.20. The lowest BCUT2D eigenvalue weighted by molar-refractivity contribution is 0.496. The Bertz CT molecular complexity index is 746. The highest BCUT2D eigenvalue weighted by Crippen LogP contribution is 2.54. The summed E-state index contributed by atoms with van der Waals surface area (Å²) in [5, 5.41) is 0. The van der Waals surface area contributed by atoms with Gasteiger partial charge in [0.05, 0.1) is 0 Å². The number of para-hydroxylation sites is 2. The molecule has 0 aliphatic rings. The molecule has 0 spiro atoms. The Morgan fingerprint density at radius 3 is 1.45 bits per heavy atom. The molecular formula is C26H39O2PS2. The fourth-order valence-corrected chi connectivity index (χ4v) is 5.60. The molecule has 31 heavy (non-hydrogen) atoms. The summed E-state index contributed by atoms with van der Waals surface area (Å²) in [6, 6.07) is 16.3. The lowest BCUT2D eigenvalue weighted by atomic mass is 10.0. The maximum Gasteiger partial charge on any atom is 0.345 e. The molecule has 0 bridgehead atoms. The summed E-state index contributed by atoms with van der Waals surface area (Å²) < 4.78 is 12.4. The van der Waals surface area contributed by atoms with Gasteiger partial charge in [-0.25, -0.2) is 0 Å². The van der Waals surface area contributed by atoms with Gasteiger partial charge in [0.1, 0.15) is 11.5 Å². The summed E-state index contributed by atoms with van der Waals surface area (Å²) in [4.78, 5) is 0. The van der Waals surface area contributed by atoms with Crippen LogP contribution in [0.2, 0.25) is 0 Å². The van der Waals surface area contributed by atoms with Crippen LogP contribution < -0.4 is 9.05 Å². The van der Waals surface area contributed by atoms with Crippen LogP contribution in [0.15, 0.2) is 48.5 Å². The third-order valence-corrected chi connectivity index (χ3v) is 7.26. The van der Waals surface area contributed by atoms with Crippen LogP contribution >= 0.6 is 17.9 Å². The first-order chi connectivity index (χ1) is 15.1. The van der Waals surface area contributed by atoms with Crippen LogP contribution in [-0.4, -0.2) is 0 Å². The quantitative estimate of drug-likeness (QED) is 0.147. The minimum atomic E-state index is -2.76. The molecule has 2 rings (SSSR count). The van der Waals surface area contributed by atoms with Gasteiger partial charge in [-0.1, -0.05) is 114 Å². The lowest BCUT2D eigenvalue weighted by Crippen LogP contribution is -2.00. The van der Waals surface area contributed by atoms with E-state index in [-0.39, 0.29) is 0 Å². The van der Waals surface area contributed by atoms with Crippen molar-refractivity contribution in [2.24, 2.45) is 0 Å². The van der Waals surface area contributed by atoms with Crippen molar-refractivity contribution in [1.82, 2.24) is 0 Å². The Balaban J connectivity index is 1.97. The predicted molar refractivity (Wildman–Crippen MR) is 142 cm³/mol. The second kappa shape index (κ2) is 15.0. The average Bonchev–Trinajstić information content (AvgIpc) is 2.75. The van der Waals surface area contributed by atoms with E-state index < -0.39 is 5.69 Å². The van der Waals surface area contributed by atoms with Gasteiger partial charge in [0.15, 0.2) is 0 Å². The summed E-state index contributed by atoms with van der Waals surface area (Å²) in [6.45, 7) is 4.49. The molecule has 0 unspecified atom stereocenters. The summed E-state index contributed by atoms with van der Waals surface area (Å²) in [7, 11) is 0. The van der Waals surface area contributed by atoms with E-state index in [0.717, 1.165) is 37.2 Å². The zero-order valence-corrected chi connectivity index (χ0v) is 21.8. The molecule has 2 aromatic rings. The zero-order chi connectivity index (χ0) is 22.4. The van der Waals surface area contributed by atoms with Crippen molar-refractivity contribution < 1.29 is 9.05 Å². The van der Waals surface area contributed by atoms with E-state index in [9.17, 15) is 0 Å². The van der Waals surface area contributed by atoms with E-state index in [1.54, 1.807) is 0 Å². The molecule has 0 amide bonds. The monoisotopic (exact) mass is 478 g/mol. The van der Waals surface area contributed by atoms with Crippen LogP contribution in [-0.2, 0) is 24.6 Å². The second-order valence-corrected chi connectivity index (χ2v) is 13.3. The topological polar surface area (TPSA) is 18.5 Å². The number of thiol groups is 1. The van der Waals surface area contributed by atoms with Gasteiger partial charge < -0.3 is 9.05 Å². The third kappa shape index (κ3) is 10.5. The van der Waals surface area contributed by atoms with Crippen molar-refractivity contribution in [3.8, 4) is 11.5 Å². The van der Waals surface area contributed by atoms with Gasteiger partial charge in [0, 0.05) is 0 Å². The van der Waals surface area contributed by atoms with E-state index in [2.05, 4.69) is 50.4 Å². The van der Waals surface area contributed by atoms with E-state index >= 15 is 0 Å². The van der Waals surface area contributed by atoms with E-state index in [4.69, 9.17) is 20.9 Å². The number of hydrogen-bond acceptors (Lipinski definition) is 3. The van der Waals surface area contributed by atoms with Crippen LogP contribution in [0.25, 0.3) is 0 Å². The molecule has 172 valence electrons. The number of benzene rings is 2. The zero-order valence-electron chi connectivity index (χ0n) is 19.2. The highest BCUT2D eigenvalue weighted by atomic mass is 32.9. The smallest absolute Gasteiger partial charge is 0.345 e. The summed E-state index contributed by atoms with van der Waals surface area (Å²) >= 11 is 10.4. The Morgan fingerprint density at radius 1 is 0.645 bits per heavy atom. The highest BCUT2D eigenvalue weighted by molar-refractivity contribution is 8.60. The molecule has 0 saturated heterocycles. The Morgan fingerprint density at radius 2 is 1.03 bits per heavy atom. The van der Waals surface area contributed by atoms with E-state index in [1.807, 2.05) is 24.3 Å². The lowest BCUT2D eigenvalue weighted by Gasteiger charge is -2.22. The molecule has 5 heteroatoms. The number of hydrogen-bond donors (Lipinski definition) is 1. The molecule has 2 nitrogen and oxygen atoms in total. The standard InChI is InChI=1S/C26H39O2PS2/c1-3-5-7-9-11-17-23-19-13-15-21-25(23)27-29(30,31)28-26-22-16-14-20-24(26)18-12-10-8-6-4-2/h13-16,19-22H,3-12,17-18H2,1-2H3,(H,30,31). The van der Waals surface area contributed by atoms with Crippen LogP contribution in [0.3, 0.4) is 0 Å². The van der Waals surface area contributed by atoms with Crippen molar-refractivity contribution in [2.45, 2.75) is 90.9 Å². The van der Waals surface area contributed by atoms with E-state index in [1.165, 1.54) is 62.5 Å². The first-order valence-corrected chi connectivity index (χ1v) is 15.7. The normalized spacial score (nSPS) is 11.5. The van der Waals surface area contributed by atoms with Gasteiger partial charge in [0.2, 0.25) is 0 Å². The molecule has 0 fully saturated rings. The van der Waals surface area contributed by atoms with Crippen LogP contribution in [0.1, 0.15) is 89.2 Å². The van der Waals surface area contributed by atoms with Crippen LogP contribution in [0.5, 0.6) is 11.5 Å². The summed E-state index contributed by atoms with van der Waals surface area (Å²) in [5.74, 6) is 1.63. The Hall–Kier alpha value is -0.960. The Kier molecular flexibility index (Phi) is 12.7. The van der Waals surface area contributed by atoms with Gasteiger partial charge in [-0.2, -0.15) is 0 Å². The molecular weight excluding hydrogens is 439 g/mol. The van der Waals surface area contributed by atoms with E-state index in [0.29, 0.717) is 0 Å². The predicted octanol–water partition coefficient (Wildman–Crippen LogP) is 9.32. The second-order valence-electron chi connectivity index (χ2n) is 8.20. The fraction of sp³-hybridized carbons (Fsp3) is 0.538. The van der Waals surface area contributed by atoms with Gasteiger partial charge in [-0.15, -0.1) is 0 Å². The van der Waals surface area contributed by atoms with Gasteiger partial charge in [-0.05, 0) is 60.7 Å². The van der Waals surface area contributed by atoms with Crippen LogP contribution in [0, 0.1) is 0 Å². The Labute approximate surface area is 200 Å².